The van der Waals surface area contributed by atoms with Gasteiger partial charge in [-0.1, -0.05) is 17.7 Å². The molecule has 0 saturated carbocycles. The summed E-state index contributed by atoms with van der Waals surface area (Å²) in [5.41, 5.74) is 3.20. The van der Waals surface area contributed by atoms with Gasteiger partial charge < -0.3 is 10.3 Å². The number of amides is 1. The smallest absolute Gasteiger partial charge is 0.251 e. The third kappa shape index (κ3) is 3.84. The number of aromatic amines is 1. The van der Waals surface area contributed by atoms with Crippen molar-refractivity contribution in [2.45, 2.75) is 19.8 Å². The van der Waals surface area contributed by atoms with Crippen molar-refractivity contribution in [3.63, 3.8) is 0 Å². The van der Waals surface area contributed by atoms with Gasteiger partial charge in [0.15, 0.2) is 0 Å². The Morgan fingerprint density at radius 1 is 1.12 bits per heavy atom. The van der Waals surface area contributed by atoms with Gasteiger partial charge in [0.05, 0.1) is 0 Å². The number of rotatable bonds is 4. The number of pyridine rings is 1. The molecule has 0 aliphatic heterocycles. The summed E-state index contributed by atoms with van der Waals surface area (Å²) in [7, 11) is 0. The van der Waals surface area contributed by atoms with Gasteiger partial charge in [-0.05, 0) is 66.8 Å². The van der Waals surface area contributed by atoms with Crippen molar-refractivity contribution in [3.05, 3.63) is 75.0 Å². The largest absolute Gasteiger partial charge is 0.326 e. The number of carbonyl (C=O) groups is 1. The van der Waals surface area contributed by atoms with E-state index in [0.717, 1.165) is 22.2 Å². The predicted molar refractivity (Wildman–Crippen MR) is 97.7 cm³/mol. The monoisotopic (exact) mass is 340 g/mol. The van der Waals surface area contributed by atoms with Crippen LogP contribution in [0.1, 0.15) is 17.5 Å². The summed E-state index contributed by atoms with van der Waals surface area (Å²) in [5, 5.41) is 4.46. The maximum absolute atomic E-state index is 12.0. The quantitative estimate of drug-likeness (QED) is 0.752. The lowest BCUT2D eigenvalue weighted by Gasteiger charge is -2.07. The molecular weight excluding hydrogens is 324 g/mol. The highest BCUT2D eigenvalue weighted by Crippen LogP contribution is 2.16. The molecule has 0 fully saturated rings. The Labute approximate surface area is 144 Å². The van der Waals surface area contributed by atoms with E-state index in [1.54, 1.807) is 31.2 Å². The number of H-pyrrole nitrogens is 1. The summed E-state index contributed by atoms with van der Waals surface area (Å²) in [6, 6.07) is 14.7. The highest BCUT2D eigenvalue weighted by atomic mass is 35.5. The van der Waals surface area contributed by atoms with Crippen LogP contribution in [0.2, 0.25) is 5.02 Å². The van der Waals surface area contributed by atoms with Crippen LogP contribution in [0.3, 0.4) is 0 Å². The summed E-state index contributed by atoms with van der Waals surface area (Å²) in [6.07, 6.45) is 1.02. The van der Waals surface area contributed by atoms with E-state index in [2.05, 4.69) is 10.3 Å². The van der Waals surface area contributed by atoms with Gasteiger partial charge in [-0.2, -0.15) is 0 Å². The Balaban J connectivity index is 1.66. The highest BCUT2D eigenvalue weighted by Gasteiger charge is 2.05. The van der Waals surface area contributed by atoms with E-state index in [-0.39, 0.29) is 11.5 Å². The van der Waals surface area contributed by atoms with E-state index in [1.807, 2.05) is 24.3 Å². The maximum atomic E-state index is 12.0. The molecule has 5 heteroatoms. The second-order valence-electron chi connectivity index (χ2n) is 5.76. The van der Waals surface area contributed by atoms with Crippen molar-refractivity contribution in [3.8, 4) is 0 Å². The van der Waals surface area contributed by atoms with Crippen molar-refractivity contribution in [1.29, 1.82) is 0 Å². The molecule has 1 amide bonds. The number of fused-ring (bicyclic) bond motifs is 1. The highest BCUT2D eigenvalue weighted by molar-refractivity contribution is 6.30. The van der Waals surface area contributed by atoms with Crippen LogP contribution in [0.15, 0.2) is 53.3 Å². The van der Waals surface area contributed by atoms with Crippen molar-refractivity contribution in [2.24, 2.45) is 0 Å². The number of anilines is 1. The molecule has 2 N–H and O–H groups in total. The van der Waals surface area contributed by atoms with Gasteiger partial charge in [-0.3, -0.25) is 9.59 Å². The molecule has 0 aliphatic carbocycles. The molecule has 1 aromatic heterocycles. The minimum atomic E-state index is -0.0717. The number of aryl methyl sites for hydroxylation is 2. The van der Waals surface area contributed by atoms with Crippen molar-refractivity contribution in [2.75, 3.05) is 5.32 Å². The van der Waals surface area contributed by atoms with Crippen LogP contribution in [0.25, 0.3) is 10.9 Å². The van der Waals surface area contributed by atoms with Crippen LogP contribution in [0, 0.1) is 6.92 Å². The molecule has 0 spiro atoms. The van der Waals surface area contributed by atoms with Crippen molar-refractivity contribution >= 4 is 34.1 Å². The van der Waals surface area contributed by atoms with Crippen LogP contribution in [-0.2, 0) is 11.2 Å². The maximum Gasteiger partial charge on any atom is 0.251 e. The Morgan fingerprint density at radius 3 is 2.62 bits per heavy atom. The number of carbonyl (C=O) groups excluding carboxylic acids is 1. The van der Waals surface area contributed by atoms with Crippen LogP contribution in [0.4, 0.5) is 5.69 Å². The van der Waals surface area contributed by atoms with Crippen LogP contribution in [-0.4, -0.2) is 10.9 Å². The van der Waals surface area contributed by atoms with Gasteiger partial charge in [0, 0.05) is 28.2 Å². The molecule has 3 rings (SSSR count). The number of halogens is 1. The lowest BCUT2D eigenvalue weighted by atomic mass is 10.1. The SMILES string of the molecule is Cc1cc2cc(CCC(=O)Nc3ccc(Cl)cc3)ccc2[nH]c1=O. The van der Waals surface area contributed by atoms with Crippen LogP contribution in [0.5, 0.6) is 0 Å². The second-order valence-corrected chi connectivity index (χ2v) is 6.19. The molecule has 2 aromatic carbocycles. The minimum absolute atomic E-state index is 0.0462. The lowest BCUT2D eigenvalue weighted by molar-refractivity contribution is -0.116. The molecule has 0 aliphatic rings. The third-order valence-electron chi connectivity index (χ3n) is 3.86. The zero-order valence-corrected chi connectivity index (χ0v) is 14.0. The first-order chi connectivity index (χ1) is 11.5. The van der Waals surface area contributed by atoms with Crippen LogP contribution >= 0.6 is 11.6 Å². The van der Waals surface area contributed by atoms with E-state index in [9.17, 15) is 9.59 Å². The van der Waals surface area contributed by atoms with Crippen molar-refractivity contribution < 1.29 is 4.79 Å². The molecule has 1 heterocycles. The van der Waals surface area contributed by atoms with Crippen LogP contribution < -0.4 is 10.9 Å². The minimum Gasteiger partial charge on any atom is -0.326 e. The fraction of sp³-hybridized carbons (Fsp3) is 0.158. The van der Waals surface area contributed by atoms with Gasteiger partial charge in [0.2, 0.25) is 5.91 Å². The average Bonchev–Trinajstić information content (AvgIpc) is 2.56. The van der Waals surface area contributed by atoms with Gasteiger partial charge >= 0.3 is 0 Å². The number of benzene rings is 2. The Morgan fingerprint density at radius 2 is 1.88 bits per heavy atom. The summed E-state index contributed by atoms with van der Waals surface area (Å²) in [6.45, 7) is 1.78. The molecule has 3 aromatic rings. The van der Waals surface area contributed by atoms with Crippen molar-refractivity contribution in [1.82, 2.24) is 4.98 Å². The predicted octanol–water partition coefficient (Wildman–Crippen LogP) is 4.06. The average molecular weight is 341 g/mol. The molecule has 0 saturated heterocycles. The summed E-state index contributed by atoms with van der Waals surface area (Å²) < 4.78 is 0. The van der Waals surface area contributed by atoms with E-state index in [4.69, 9.17) is 11.6 Å². The lowest BCUT2D eigenvalue weighted by Crippen LogP contribution is -2.12. The summed E-state index contributed by atoms with van der Waals surface area (Å²) >= 11 is 5.82. The fourth-order valence-corrected chi connectivity index (χ4v) is 2.66. The third-order valence-corrected chi connectivity index (χ3v) is 4.12. The van der Waals surface area contributed by atoms with E-state index in [1.165, 1.54) is 0 Å². The Bertz CT molecular complexity index is 946. The Hall–Kier alpha value is -2.59. The van der Waals surface area contributed by atoms with E-state index < -0.39 is 0 Å². The summed E-state index contributed by atoms with van der Waals surface area (Å²) in [5.74, 6) is -0.0462. The zero-order chi connectivity index (χ0) is 17.1. The molecular formula is C19H17ClN2O2. The molecule has 4 nitrogen and oxygen atoms in total. The number of hydrogen-bond donors (Lipinski definition) is 2. The first kappa shape index (κ1) is 16.3. The molecule has 122 valence electrons. The molecule has 0 atom stereocenters. The fourth-order valence-electron chi connectivity index (χ4n) is 2.54. The molecule has 0 radical (unpaired) electrons. The zero-order valence-electron chi connectivity index (χ0n) is 13.2. The number of hydrogen-bond acceptors (Lipinski definition) is 2. The first-order valence-corrected chi connectivity index (χ1v) is 8.07. The van der Waals surface area contributed by atoms with Gasteiger partial charge in [0.25, 0.3) is 5.56 Å². The van der Waals surface area contributed by atoms with Gasteiger partial charge in [-0.15, -0.1) is 0 Å². The standard InChI is InChI=1S/C19H17ClN2O2/c1-12-10-14-11-13(2-8-17(14)22-19(12)24)3-9-18(23)21-16-6-4-15(20)5-7-16/h2,4-8,10-11H,3,9H2,1H3,(H,21,23)(H,22,24). The molecule has 0 unspecified atom stereocenters. The normalized spacial score (nSPS) is 10.8. The van der Waals surface area contributed by atoms with Gasteiger partial charge in [0.1, 0.15) is 0 Å². The first-order valence-electron chi connectivity index (χ1n) is 7.69. The number of nitrogens with one attached hydrogen (secondary N) is 2. The summed E-state index contributed by atoms with van der Waals surface area (Å²) in [4.78, 5) is 26.5. The van der Waals surface area contributed by atoms with E-state index in [0.29, 0.717) is 23.4 Å². The van der Waals surface area contributed by atoms with Gasteiger partial charge in [-0.25, -0.2) is 0 Å². The second kappa shape index (κ2) is 6.89. The topological polar surface area (TPSA) is 62.0 Å². The molecule has 24 heavy (non-hydrogen) atoms. The Kier molecular flexibility index (Phi) is 4.67. The number of aromatic nitrogens is 1. The van der Waals surface area contributed by atoms with E-state index >= 15 is 0 Å². The molecule has 0 bridgehead atoms.